The van der Waals surface area contributed by atoms with Gasteiger partial charge >= 0.3 is 0 Å². The molecule has 1 aliphatic rings. The SMILES string of the molecule is C[C@@H]1N[C@H](c2ccc(-n3cnc4ccccc43)cc2)O[C@@H]1c1ccccc1. The fraction of sp³-hybridized carbons (Fsp3) is 0.174. The third-order valence-corrected chi connectivity index (χ3v) is 5.21. The van der Waals surface area contributed by atoms with Crippen LogP contribution in [0.2, 0.25) is 0 Å². The van der Waals surface area contributed by atoms with Crippen molar-refractivity contribution in [3.05, 3.63) is 96.3 Å². The average Bonchev–Trinajstić information content (AvgIpc) is 3.33. The minimum absolute atomic E-state index is 0.0634. The van der Waals surface area contributed by atoms with Gasteiger partial charge in [-0.15, -0.1) is 0 Å². The molecule has 1 N–H and O–H groups in total. The van der Waals surface area contributed by atoms with Crippen molar-refractivity contribution >= 4 is 11.0 Å². The van der Waals surface area contributed by atoms with E-state index in [1.807, 2.05) is 30.6 Å². The first-order valence-corrected chi connectivity index (χ1v) is 9.28. The van der Waals surface area contributed by atoms with Gasteiger partial charge in [0.05, 0.1) is 11.0 Å². The van der Waals surface area contributed by atoms with Crippen molar-refractivity contribution in [2.24, 2.45) is 0 Å². The van der Waals surface area contributed by atoms with Crippen LogP contribution in [0.3, 0.4) is 0 Å². The van der Waals surface area contributed by atoms with E-state index < -0.39 is 0 Å². The van der Waals surface area contributed by atoms with Crippen molar-refractivity contribution in [2.45, 2.75) is 25.3 Å². The summed E-state index contributed by atoms with van der Waals surface area (Å²) in [5, 5.41) is 3.56. The van der Waals surface area contributed by atoms with Gasteiger partial charge in [0.15, 0.2) is 0 Å². The molecule has 1 aliphatic heterocycles. The second-order valence-electron chi connectivity index (χ2n) is 7.00. The van der Waals surface area contributed by atoms with Crippen LogP contribution < -0.4 is 5.32 Å². The molecule has 134 valence electrons. The van der Waals surface area contributed by atoms with E-state index in [-0.39, 0.29) is 18.4 Å². The molecule has 27 heavy (non-hydrogen) atoms. The predicted octanol–water partition coefficient (Wildman–Crippen LogP) is 4.77. The maximum Gasteiger partial charge on any atom is 0.135 e. The summed E-state index contributed by atoms with van der Waals surface area (Å²) in [5.74, 6) is 0. The third kappa shape index (κ3) is 2.93. The summed E-state index contributed by atoms with van der Waals surface area (Å²) in [4.78, 5) is 4.47. The van der Waals surface area contributed by atoms with Gasteiger partial charge in [0.25, 0.3) is 0 Å². The molecule has 5 rings (SSSR count). The van der Waals surface area contributed by atoms with Gasteiger partial charge in [0.1, 0.15) is 18.7 Å². The van der Waals surface area contributed by atoms with E-state index in [1.54, 1.807) is 0 Å². The Labute approximate surface area is 158 Å². The molecule has 4 nitrogen and oxygen atoms in total. The molecule has 4 aromatic rings. The molecular formula is C23H21N3O. The van der Waals surface area contributed by atoms with Crippen molar-refractivity contribution in [1.29, 1.82) is 0 Å². The summed E-state index contributed by atoms with van der Waals surface area (Å²) in [6.45, 7) is 2.17. The van der Waals surface area contributed by atoms with Gasteiger partial charge in [0, 0.05) is 11.7 Å². The minimum atomic E-state index is -0.0983. The van der Waals surface area contributed by atoms with Crippen LogP contribution in [0.5, 0.6) is 0 Å². The fourth-order valence-electron chi connectivity index (χ4n) is 3.79. The Kier molecular flexibility index (Phi) is 4.00. The van der Waals surface area contributed by atoms with Crippen LogP contribution in [0.1, 0.15) is 30.4 Å². The van der Waals surface area contributed by atoms with Gasteiger partial charge in [-0.3, -0.25) is 9.88 Å². The maximum atomic E-state index is 6.32. The van der Waals surface area contributed by atoms with Crippen LogP contribution in [-0.2, 0) is 4.74 Å². The Morgan fingerprint density at radius 2 is 1.59 bits per heavy atom. The average molecular weight is 355 g/mol. The highest BCUT2D eigenvalue weighted by Gasteiger charge is 2.33. The molecular weight excluding hydrogens is 334 g/mol. The van der Waals surface area contributed by atoms with Crippen molar-refractivity contribution in [2.75, 3.05) is 0 Å². The summed E-state index contributed by atoms with van der Waals surface area (Å²) >= 11 is 0. The second-order valence-corrected chi connectivity index (χ2v) is 7.00. The molecule has 0 saturated carbocycles. The number of para-hydroxylation sites is 2. The van der Waals surface area contributed by atoms with Crippen LogP contribution in [0.4, 0.5) is 0 Å². The number of imidazole rings is 1. The molecule has 3 atom stereocenters. The largest absolute Gasteiger partial charge is 0.350 e. The molecule has 0 radical (unpaired) electrons. The smallest absolute Gasteiger partial charge is 0.135 e. The number of rotatable bonds is 3. The summed E-state index contributed by atoms with van der Waals surface area (Å²) in [6.07, 6.45) is 1.84. The molecule has 0 spiro atoms. The van der Waals surface area contributed by atoms with Gasteiger partial charge in [-0.2, -0.15) is 0 Å². The van der Waals surface area contributed by atoms with Crippen molar-refractivity contribution in [1.82, 2.24) is 14.9 Å². The van der Waals surface area contributed by atoms with E-state index in [1.165, 1.54) is 5.56 Å². The first-order valence-electron chi connectivity index (χ1n) is 9.28. The first-order chi connectivity index (χ1) is 13.3. The molecule has 1 fully saturated rings. The van der Waals surface area contributed by atoms with Gasteiger partial charge in [-0.1, -0.05) is 54.6 Å². The van der Waals surface area contributed by atoms with Gasteiger partial charge in [-0.05, 0) is 42.3 Å². The highest BCUT2D eigenvalue weighted by molar-refractivity contribution is 5.77. The molecule has 0 unspecified atom stereocenters. The Balaban J connectivity index is 1.39. The Bertz CT molecular complexity index is 1060. The van der Waals surface area contributed by atoms with E-state index in [0.29, 0.717) is 0 Å². The monoisotopic (exact) mass is 355 g/mol. The van der Waals surface area contributed by atoms with Crippen LogP contribution in [0, 0.1) is 0 Å². The normalized spacial score (nSPS) is 22.3. The number of hydrogen-bond acceptors (Lipinski definition) is 3. The Morgan fingerprint density at radius 1 is 0.852 bits per heavy atom. The van der Waals surface area contributed by atoms with Crippen LogP contribution in [0.25, 0.3) is 16.7 Å². The number of nitrogens with one attached hydrogen (secondary N) is 1. The number of nitrogens with zero attached hydrogens (tertiary/aromatic N) is 2. The van der Waals surface area contributed by atoms with Crippen molar-refractivity contribution in [3.63, 3.8) is 0 Å². The van der Waals surface area contributed by atoms with E-state index in [9.17, 15) is 0 Å². The van der Waals surface area contributed by atoms with E-state index in [2.05, 4.69) is 76.4 Å². The zero-order valence-corrected chi connectivity index (χ0v) is 15.1. The lowest BCUT2D eigenvalue weighted by atomic mass is 10.0. The highest BCUT2D eigenvalue weighted by Crippen LogP contribution is 2.35. The summed E-state index contributed by atoms with van der Waals surface area (Å²) in [5.41, 5.74) is 5.55. The van der Waals surface area contributed by atoms with Gasteiger partial charge in [0.2, 0.25) is 0 Å². The standard InChI is InChI=1S/C23H21N3O/c1-16-22(17-7-3-2-4-8-17)27-23(25-16)18-11-13-19(14-12-18)26-15-24-20-9-5-6-10-21(20)26/h2-16,22-23,25H,1H3/t16-,22-,23-/m0/s1. The number of benzene rings is 3. The minimum Gasteiger partial charge on any atom is -0.350 e. The number of hydrogen-bond donors (Lipinski definition) is 1. The lowest BCUT2D eigenvalue weighted by Crippen LogP contribution is -2.23. The molecule has 0 bridgehead atoms. The molecule has 1 saturated heterocycles. The Morgan fingerprint density at radius 3 is 2.41 bits per heavy atom. The molecule has 1 aromatic heterocycles. The van der Waals surface area contributed by atoms with Crippen molar-refractivity contribution in [3.8, 4) is 5.69 Å². The predicted molar refractivity (Wildman–Crippen MR) is 107 cm³/mol. The summed E-state index contributed by atoms with van der Waals surface area (Å²) < 4.78 is 8.42. The van der Waals surface area contributed by atoms with Crippen LogP contribution in [-0.4, -0.2) is 15.6 Å². The quantitative estimate of drug-likeness (QED) is 0.575. The fourth-order valence-corrected chi connectivity index (χ4v) is 3.79. The maximum absolute atomic E-state index is 6.32. The number of ether oxygens (including phenoxy) is 1. The summed E-state index contributed by atoms with van der Waals surface area (Å²) in [6, 6.07) is 27.3. The molecule has 3 aromatic carbocycles. The highest BCUT2D eigenvalue weighted by atomic mass is 16.5. The zero-order valence-electron chi connectivity index (χ0n) is 15.1. The van der Waals surface area contributed by atoms with Gasteiger partial charge < -0.3 is 4.74 Å². The molecule has 0 aliphatic carbocycles. The van der Waals surface area contributed by atoms with E-state index >= 15 is 0 Å². The van der Waals surface area contributed by atoms with Gasteiger partial charge in [-0.25, -0.2) is 4.98 Å². The molecule has 2 heterocycles. The second kappa shape index (κ2) is 6.65. The van der Waals surface area contributed by atoms with E-state index in [0.717, 1.165) is 22.3 Å². The van der Waals surface area contributed by atoms with Crippen molar-refractivity contribution < 1.29 is 4.74 Å². The molecule has 4 heteroatoms. The van der Waals surface area contributed by atoms with E-state index in [4.69, 9.17) is 4.74 Å². The number of aromatic nitrogens is 2. The lowest BCUT2D eigenvalue weighted by Gasteiger charge is -2.15. The molecule has 0 amide bonds. The topological polar surface area (TPSA) is 39.1 Å². The Hall–Kier alpha value is -2.95. The third-order valence-electron chi connectivity index (χ3n) is 5.21. The van der Waals surface area contributed by atoms with Crippen LogP contribution in [0.15, 0.2) is 85.2 Å². The first kappa shape index (κ1) is 16.2. The summed E-state index contributed by atoms with van der Waals surface area (Å²) in [7, 11) is 0. The number of fused-ring (bicyclic) bond motifs is 1. The lowest BCUT2D eigenvalue weighted by molar-refractivity contribution is 0.0363. The zero-order chi connectivity index (χ0) is 18.2. The van der Waals surface area contributed by atoms with Crippen LogP contribution >= 0.6 is 0 Å².